The van der Waals surface area contributed by atoms with Gasteiger partial charge in [0.2, 0.25) is 0 Å². The molecule has 0 unspecified atom stereocenters. The van der Waals surface area contributed by atoms with Crippen LogP contribution < -0.4 is 0 Å². The fraction of sp³-hybridized carbons (Fsp3) is 0.880. The number of unbranched alkanes of at least 4 members (excludes halogenated alkanes) is 10. The maximum Gasteiger partial charge on any atom is 0.303 e. The molecule has 0 radical (unpaired) electrons. The molecule has 0 aromatic carbocycles. The first-order chi connectivity index (χ1) is 15.3. The van der Waals surface area contributed by atoms with Gasteiger partial charge in [0.25, 0.3) is 0 Å². The summed E-state index contributed by atoms with van der Waals surface area (Å²) < 4.78 is 19.7. The van der Waals surface area contributed by atoms with Crippen molar-refractivity contribution in [1.82, 2.24) is 0 Å². The Kier molecular flexibility index (Phi) is 26.1. The molecule has 0 aliphatic heterocycles. The minimum atomic E-state index is -0.754. The molecule has 0 amide bonds. The summed E-state index contributed by atoms with van der Waals surface area (Å²) in [5.41, 5.74) is 0. The third-order valence-corrected chi connectivity index (χ3v) is 4.56. The summed E-state index contributed by atoms with van der Waals surface area (Å²) in [6.07, 6.45) is 15.6. The summed E-state index contributed by atoms with van der Waals surface area (Å²) in [5.74, 6) is -1.51. The van der Waals surface area contributed by atoms with Crippen molar-refractivity contribution in [3.05, 3.63) is 0 Å². The van der Waals surface area contributed by atoms with Crippen LogP contribution in [0.25, 0.3) is 0 Å². The first-order valence-corrected chi connectivity index (χ1v) is 12.3. The van der Waals surface area contributed by atoms with E-state index in [-0.39, 0.29) is 13.2 Å². The van der Waals surface area contributed by atoms with Crippen molar-refractivity contribution in [1.29, 1.82) is 0 Å². The van der Waals surface area contributed by atoms with Crippen LogP contribution >= 0.6 is 0 Å². The lowest BCUT2D eigenvalue weighted by Gasteiger charge is -2.15. The summed E-state index contributed by atoms with van der Waals surface area (Å²) in [6.45, 7) is 9.95. The molecule has 0 saturated carbocycles. The van der Waals surface area contributed by atoms with Gasteiger partial charge in [-0.3, -0.25) is 14.4 Å². The number of ether oxygens (including phenoxy) is 4. The standard InChI is InChI=1S/C16H34O.C9H14O6/c1-3-5-7-9-11-13-15-17-16-14-12-10-8-6-4-2;1-6(10)13-4-9(15-8(3)12)5-14-7(2)11/h3-16H2,1-2H3;9H,4-5H2,1-3H3. The molecule has 0 fully saturated rings. The Bertz CT molecular complexity index is 420. The van der Waals surface area contributed by atoms with Crippen LogP contribution in [0.5, 0.6) is 0 Å². The summed E-state index contributed by atoms with van der Waals surface area (Å²) in [7, 11) is 0. The van der Waals surface area contributed by atoms with Crippen LogP contribution in [-0.2, 0) is 33.3 Å². The predicted octanol–water partition coefficient (Wildman–Crippen LogP) is 5.77. The van der Waals surface area contributed by atoms with Gasteiger partial charge < -0.3 is 18.9 Å². The van der Waals surface area contributed by atoms with Crippen molar-refractivity contribution in [2.24, 2.45) is 0 Å². The number of carbonyl (C=O) groups excluding carboxylic acids is 3. The van der Waals surface area contributed by atoms with Crippen LogP contribution in [-0.4, -0.2) is 50.4 Å². The third kappa shape index (κ3) is 30.6. The fourth-order valence-electron chi connectivity index (χ4n) is 2.84. The Hall–Kier alpha value is -1.63. The molecule has 0 aliphatic rings. The lowest BCUT2D eigenvalue weighted by atomic mass is 10.1. The largest absolute Gasteiger partial charge is 0.462 e. The highest BCUT2D eigenvalue weighted by atomic mass is 16.6. The van der Waals surface area contributed by atoms with Gasteiger partial charge in [-0.2, -0.15) is 0 Å². The van der Waals surface area contributed by atoms with Gasteiger partial charge in [0.05, 0.1) is 0 Å². The Labute approximate surface area is 195 Å². The fourth-order valence-corrected chi connectivity index (χ4v) is 2.84. The van der Waals surface area contributed by atoms with E-state index in [1.54, 1.807) is 0 Å². The highest BCUT2D eigenvalue weighted by molar-refractivity contribution is 5.67. The maximum absolute atomic E-state index is 10.6. The van der Waals surface area contributed by atoms with Gasteiger partial charge >= 0.3 is 17.9 Å². The molecule has 0 aliphatic carbocycles. The smallest absolute Gasteiger partial charge is 0.303 e. The summed E-state index contributed by atoms with van der Waals surface area (Å²) in [4.78, 5) is 31.6. The van der Waals surface area contributed by atoms with Crippen LogP contribution in [0.2, 0.25) is 0 Å². The summed E-state index contributed by atoms with van der Waals surface area (Å²) in [5, 5.41) is 0. The van der Waals surface area contributed by atoms with Crippen molar-refractivity contribution in [2.45, 2.75) is 118 Å². The van der Waals surface area contributed by atoms with E-state index in [4.69, 9.17) is 9.47 Å². The lowest BCUT2D eigenvalue weighted by Crippen LogP contribution is -2.29. The van der Waals surface area contributed by atoms with E-state index in [0.717, 1.165) is 13.2 Å². The van der Waals surface area contributed by atoms with E-state index in [1.165, 1.54) is 97.8 Å². The Balaban J connectivity index is 0. The highest BCUT2D eigenvalue weighted by Gasteiger charge is 2.15. The normalized spacial score (nSPS) is 10.3. The van der Waals surface area contributed by atoms with E-state index >= 15 is 0 Å². The molecule has 0 rings (SSSR count). The topological polar surface area (TPSA) is 88.1 Å². The van der Waals surface area contributed by atoms with Crippen LogP contribution in [0, 0.1) is 0 Å². The zero-order chi connectivity index (χ0) is 24.5. The second kappa shape index (κ2) is 25.6. The van der Waals surface area contributed by atoms with Crippen LogP contribution in [0.4, 0.5) is 0 Å². The Morgan fingerprint density at radius 2 is 0.938 bits per heavy atom. The van der Waals surface area contributed by atoms with Crippen LogP contribution in [0.3, 0.4) is 0 Å². The van der Waals surface area contributed by atoms with Crippen LogP contribution in [0.1, 0.15) is 112 Å². The van der Waals surface area contributed by atoms with Crippen molar-refractivity contribution in [3.8, 4) is 0 Å². The number of hydrogen-bond donors (Lipinski definition) is 0. The van der Waals surface area contributed by atoms with Gasteiger partial charge in [0.15, 0.2) is 6.10 Å². The summed E-state index contributed by atoms with van der Waals surface area (Å²) in [6, 6.07) is 0. The molecule has 0 aromatic heterocycles. The first-order valence-electron chi connectivity index (χ1n) is 12.3. The quantitative estimate of drug-likeness (QED) is 0.137. The molecule has 0 N–H and O–H groups in total. The molecular weight excluding hydrogens is 412 g/mol. The van der Waals surface area contributed by atoms with E-state index in [1.807, 2.05) is 0 Å². The second-order valence-corrected chi connectivity index (χ2v) is 7.98. The molecule has 0 atom stereocenters. The van der Waals surface area contributed by atoms with E-state index in [0.29, 0.717) is 0 Å². The number of esters is 3. The van der Waals surface area contributed by atoms with Gasteiger partial charge in [0.1, 0.15) is 13.2 Å². The van der Waals surface area contributed by atoms with Gasteiger partial charge in [-0.1, -0.05) is 78.1 Å². The van der Waals surface area contributed by atoms with Crippen molar-refractivity contribution in [3.63, 3.8) is 0 Å². The molecule has 0 spiro atoms. The average Bonchev–Trinajstić information content (AvgIpc) is 2.73. The summed E-state index contributed by atoms with van der Waals surface area (Å²) >= 11 is 0. The van der Waals surface area contributed by atoms with Gasteiger partial charge in [-0.15, -0.1) is 0 Å². The van der Waals surface area contributed by atoms with Gasteiger partial charge in [-0.05, 0) is 12.8 Å². The van der Waals surface area contributed by atoms with E-state index in [9.17, 15) is 14.4 Å². The van der Waals surface area contributed by atoms with E-state index in [2.05, 4.69) is 23.3 Å². The van der Waals surface area contributed by atoms with Gasteiger partial charge in [-0.25, -0.2) is 0 Å². The number of carbonyl (C=O) groups is 3. The highest BCUT2D eigenvalue weighted by Crippen LogP contribution is 2.07. The molecule has 7 nitrogen and oxygen atoms in total. The number of hydrogen-bond acceptors (Lipinski definition) is 7. The molecule has 0 aromatic rings. The van der Waals surface area contributed by atoms with Crippen molar-refractivity contribution in [2.75, 3.05) is 26.4 Å². The second-order valence-electron chi connectivity index (χ2n) is 7.98. The molecular formula is C25H48O7. The molecule has 0 bridgehead atoms. The maximum atomic E-state index is 10.6. The Morgan fingerprint density at radius 1 is 0.562 bits per heavy atom. The average molecular weight is 461 g/mol. The van der Waals surface area contributed by atoms with Crippen molar-refractivity contribution >= 4 is 17.9 Å². The minimum Gasteiger partial charge on any atom is -0.462 e. The third-order valence-electron chi connectivity index (χ3n) is 4.56. The van der Waals surface area contributed by atoms with Gasteiger partial charge in [0, 0.05) is 34.0 Å². The van der Waals surface area contributed by atoms with Crippen molar-refractivity contribution < 1.29 is 33.3 Å². The molecule has 190 valence electrons. The molecule has 7 heteroatoms. The first kappa shape index (κ1) is 32.5. The SMILES string of the molecule is CC(=O)OCC(COC(C)=O)OC(C)=O.CCCCCCCCOCCCCCCCC. The molecule has 32 heavy (non-hydrogen) atoms. The zero-order valence-electron chi connectivity index (χ0n) is 21.2. The van der Waals surface area contributed by atoms with E-state index < -0.39 is 24.0 Å². The predicted molar refractivity (Wildman–Crippen MR) is 126 cm³/mol. The van der Waals surface area contributed by atoms with Crippen LogP contribution in [0.15, 0.2) is 0 Å². The number of rotatable bonds is 19. The lowest BCUT2D eigenvalue weighted by molar-refractivity contribution is -0.163. The molecule has 0 saturated heterocycles. The molecule has 0 heterocycles. The Morgan fingerprint density at radius 3 is 1.28 bits per heavy atom. The minimum absolute atomic E-state index is 0.123. The zero-order valence-corrected chi connectivity index (χ0v) is 21.2. The monoisotopic (exact) mass is 460 g/mol.